The Morgan fingerprint density at radius 1 is 1.16 bits per heavy atom. The molecule has 3 N–H and O–H groups in total. The number of aromatic hydroxyl groups is 1. The molecule has 2 aliphatic rings. The molecule has 19 heavy (non-hydrogen) atoms. The number of hydrogen-bond donors (Lipinski definition) is 3. The van der Waals surface area contributed by atoms with Gasteiger partial charge in [0.1, 0.15) is 17.3 Å². The fourth-order valence-corrected chi connectivity index (χ4v) is 2.57. The molecule has 1 aromatic carbocycles. The summed E-state index contributed by atoms with van der Waals surface area (Å²) in [4.78, 5) is 0. The molecular weight excluding hydrogens is 244 g/mol. The molecule has 0 unspecified atom stereocenters. The van der Waals surface area contributed by atoms with Gasteiger partial charge in [0.2, 0.25) is 0 Å². The number of rotatable bonds is 1. The summed E-state index contributed by atoms with van der Waals surface area (Å²) < 4.78 is 5.14. The smallest absolute Gasteiger partial charge is 0.153 e. The van der Waals surface area contributed by atoms with Crippen LogP contribution >= 0.6 is 0 Å². The second kappa shape index (κ2) is 4.09. The Labute approximate surface area is 110 Å². The highest BCUT2D eigenvalue weighted by Crippen LogP contribution is 2.43. The third-order valence-electron chi connectivity index (χ3n) is 3.53. The zero-order valence-electron chi connectivity index (χ0n) is 10.5. The van der Waals surface area contributed by atoms with Crippen LogP contribution in [0.15, 0.2) is 41.4 Å². The summed E-state index contributed by atoms with van der Waals surface area (Å²) in [6.07, 6.45) is 4.45. The first-order valence-electron chi connectivity index (χ1n) is 6.02. The van der Waals surface area contributed by atoms with E-state index in [1.54, 1.807) is 13.2 Å². The standard InChI is InChI=1S/C15H14O4/c1-19-10-4-9-3-2-8-5-12(16)13(17)7-11(8)15(9)14(18)6-10/h2,4,6-7,16-18H,3,5H2,1H3. The maximum atomic E-state index is 10.2. The van der Waals surface area contributed by atoms with E-state index in [0.29, 0.717) is 24.2 Å². The van der Waals surface area contributed by atoms with Crippen molar-refractivity contribution in [1.29, 1.82) is 0 Å². The van der Waals surface area contributed by atoms with Gasteiger partial charge in [-0.15, -0.1) is 0 Å². The maximum Gasteiger partial charge on any atom is 0.153 e. The third-order valence-corrected chi connectivity index (χ3v) is 3.53. The Morgan fingerprint density at radius 2 is 1.95 bits per heavy atom. The van der Waals surface area contributed by atoms with Crippen LogP contribution in [0.5, 0.6) is 11.5 Å². The van der Waals surface area contributed by atoms with Crippen molar-refractivity contribution in [3.8, 4) is 11.5 Å². The Kier molecular flexibility index (Phi) is 2.52. The van der Waals surface area contributed by atoms with Crippen molar-refractivity contribution in [2.45, 2.75) is 12.8 Å². The lowest BCUT2D eigenvalue weighted by molar-refractivity contribution is 0.327. The van der Waals surface area contributed by atoms with E-state index in [0.717, 1.165) is 16.7 Å². The van der Waals surface area contributed by atoms with E-state index in [1.807, 2.05) is 12.1 Å². The van der Waals surface area contributed by atoms with Crippen molar-refractivity contribution in [2.24, 2.45) is 0 Å². The van der Waals surface area contributed by atoms with Crippen LogP contribution in [0.4, 0.5) is 0 Å². The largest absolute Gasteiger partial charge is 0.508 e. The van der Waals surface area contributed by atoms with Gasteiger partial charge in [-0.1, -0.05) is 6.08 Å². The number of hydrogen-bond acceptors (Lipinski definition) is 4. The minimum absolute atomic E-state index is 0.0357. The second-order valence-electron chi connectivity index (χ2n) is 4.68. The van der Waals surface area contributed by atoms with Crippen LogP contribution in [0.1, 0.15) is 17.5 Å². The molecular formula is C15H14O4. The molecule has 0 aliphatic heterocycles. The van der Waals surface area contributed by atoms with Gasteiger partial charge in [-0.3, -0.25) is 0 Å². The first kappa shape index (κ1) is 11.7. The highest BCUT2D eigenvalue weighted by Gasteiger charge is 2.26. The summed E-state index contributed by atoms with van der Waals surface area (Å²) in [5, 5.41) is 29.4. The van der Waals surface area contributed by atoms with Crippen LogP contribution in [0.2, 0.25) is 0 Å². The molecule has 4 heteroatoms. The highest BCUT2D eigenvalue weighted by molar-refractivity contribution is 5.88. The zero-order chi connectivity index (χ0) is 13.6. The number of allylic oxidation sites excluding steroid dienone is 4. The number of phenols is 1. The number of benzene rings is 1. The molecule has 0 amide bonds. The van der Waals surface area contributed by atoms with E-state index in [-0.39, 0.29) is 17.3 Å². The number of phenolic OH excluding ortho intramolecular Hbond substituents is 1. The van der Waals surface area contributed by atoms with Crippen LogP contribution < -0.4 is 4.74 Å². The van der Waals surface area contributed by atoms with E-state index >= 15 is 0 Å². The average molecular weight is 258 g/mol. The first-order chi connectivity index (χ1) is 9.10. The van der Waals surface area contributed by atoms with Gasteiger partial charge in [0.25, 0.3) is 0 Å². The van der Waals surface area contributed by atoms with Crippen molar-refractivity contribution < 1.29 is 20.1 Å². The molecule has 0 saturated carbocycles. The lowest BCUT2D eigenvalue weighted by Crippen LogP contribution is -2.09. The average Bonchev–Trinajstić information content (AvgIpc) is 2.39. The van der Waals surface area contributed by atoms with Gasteiger partial charge >= 0.3 is 0 Å². The normalized spacial score (nSPS) is 17.3. The zero-order valence-corrected chi connectivity index (χ0v) is 10.5. The van der Waals surface area contributed by atoms with Crippen LogP contribution in [0, 0.1) is 0 Å². The molecule has 0 atom stereocenters. The number of fused-ring (bicyclic) bond motifs is 3. The fraction of sp³-hybridized carbons (Fsp3) is 0.200. The van der Waals surface area contributed by atoms with Gasteiger partial charge in [0.05, 0.1) is 7.11 Å². The predicted molar refractivity (Wildman–Crippen MR) is 71.3 cm³/mol. The lowest BCUT2D eigenvalue weighted by atomic mass is 9.82. The summed E-state index contributed by atoms with van der Waals surface area (Å²) in [6.45, 7) is 0. The van der Waals surface area contributed by atoms with Crippen molar-refractivity contribution >= 4 is 5.57 Å². The Balaban J connectivity index is 2.20. The quantitative estimate of drug-likeness (QED) is 0.724. The third kappa shape index (κ3) is 1.76. The monoisotopic (exact) mass is 258 g/mol. The van der Waals surface area contributed by atoms with Crippen molar-refractivity contribution in [3.05, 3.63) is 52.5 Å². The van der Waals surface area contributed by atoms with E-state index in [4.69, 9.17) is 4.74 Å². The fourth-order valence-electron chi connectivity index (χ4n) is 2.57. The predicted octanol–water partition coefficient (Wildman–Crippen LogP) is 3.00. The molecule has 3 rings (SSSR count). The molecule has 0 saturated heterocycles. The Hall–Kier alpha value is -2.36. The van der Waals surface area contributed by atoms with Crippen LogP contribution in [0.25, 0.3) is 5.57 Å². The van der Waals surface area contributed by atoms with E-state index < -0.39 is 0 Å². The summed E-state index contributed by atoms with van der Waals surface area (Å²) in [6, 6.07) is 3.43. The topological polar surface area (TPSA) is 69.9 Å². The maximum absolute atomic E-state index is 10.2. The molecule has 0 fully saturated rings. The van der Waals surface area contributed by atoms with E-state index in [2.05, 4.69) is 0 Å². The molecule has 0 heterocycles. The molecule has 0 bridgehead atoms. The first-order valence-corrected chi connectivity index (χ1v) is 6.02. The van der Waals surface area contributed by atoms with Crippen LogP contribution in [0.3, 0.4) is 0 Å². The van der Waals surface area contributed by atoms with Gasteiger partial charge in [0.15, 0.2) is 5.76 Å². The molecule has 98 valence electrons. The number of methoxy groups -OCH3 is 1. The SMILES string of the molecule is COc1cc(O)c2c(c1)CC=C1CC(O)=C(O)C=C12. The minimum atomic E-state index is -0.143. The molecule has 0 spiro atoms. The summed E-state index contributed by atoms with van der Waals surface area (Å²) in [5.74, 6) is 0.550. The highest BCUT2D eigenvalue weighted by atomic mass is 16.5. The Morgan fingerprint density at radius 3 is 2.68 bits per heavy atom. The second-order valence-corrected chi connectivity index (χ2v) is 4.68. The number of aliphatic hydroxyl groups is 2. The van der Waals surface area contributed by atoms with Crippen molar-refractivity contribution in [2.75, 3.05) is 7.11 Å². The minimum Gasteiger partial charge on any atom is -0.508 e. The Bertz CT molecular complexity index is 650. The summed E-state index contributed by atoms with van der Waals surface area (Å²) >= 11 is 0. The lowest BCUT2D eigenvalue weighted by Gasteiger charge is -2.25. The molecule has 1 aromatic rings. The van der Waals surface area contributed by atoms with E-state index in [1.165, 1.54) is 6.08 Å². The van der Waals surface area contributed by atoms with Crippen LogP contribution in [-0.4, -0.2) is 22.4 Å². The van der Waals surface area contributed by atoms with Gasteiger partial charge in [-0.25, -0.2) is 0 Å². The van der Waals surface area contributed by atoms with Crippen molar-refractivity contribution in [3.63, 3.8) is 0 Å². The van der Waals surface area contributed by atoms with E-state index in [9.17, 15) is 15.3 Å². The number of aliphatic hydroxyl groups excluding tert-OH is 2. The van der Waals surface area contributed by atoms with Gasteiger partial charge in [0, 0.05) is 18.1 Å². The number of ether oxygens (including phenoxy) is 1. The summed E-state index contributed by atoms with van der Waals surface area (Å²) in [7, 11) is 1.55. The van der Waals surface area contributed by atoms with Crippen molar-refractivity contribution in [1.82, 2.24) is 0 Å². The van der Waals surface area contributed by atoms with Gasteiger partial charge < -0.3 is 20.1 Å². The molecule has 0 aromatic heterocycles. The molecule has 2 aliphatic carbocycles. The molecule has 4 nitrogen and oxygen atoms in total. The summed E-state index contributed by atoms with van der Waals surface area (Å²) in [5.41, 5.74) is 3.33. The molecule has 0 radical (unpaired) electrons. The van der Waals surface area contributed by atoms with Gasteiger partial charge in [-0.2, -0.15) is 0 Å². The van der Waals surface area contributed by atoms with Gasteiger partial charge in [-0.05, 0) is 35.3 Å². The van der Waals surface area contributed by atoms with Crippen LogP contribution in [-0.2, 0) is 6.42 Å².